The average Bonchev–Trinajstić information content (AvgIpc) is 3.16. The fourth-order valence-electron chi connectivity index (χ4n) is 5.21. The van der Waals surface area contributed by atoms with E-state index in [4.69, 9.17) is 4.74 Å². The number of fused-ring (bicyclic) bond motifs is 2. The normalized spacial score (nSPS) is 15.2. The Morgan fingerprint density at radius 1 is 0.714 bits per heavy atom. The van der Waals surface area contributed by atoms with Crippen LogP contribution in [0.3, 0.4) is 0 Å². The largest absolute Gasteiger partial charge is 0.423 e. The van der Waals surface area contributed by atoms with E-state index >= 15 is 0 Å². The molecule has 1 aromatic heterocycles. The van der Waals surface area contributed by atoms with E-state index in [1.165, 1.54) is 5.56 Å². The molecule has 172 valence electrons. The van der Waals surface area contributed by atoms with Gasteiger partial charge in [-0.1, -0.05) is 91.0 Å². The van der Waals surface area contributed by atoms with Crippen molar-refractivity contribution in [3.8, 4) is 5.75 Å². The van der Waals surface area contributed by atoms with Crippen molar-refractivity contribution in [2.75, 3.05) is 4.90 Å². The van der Waals surface area contributed by atoms with Crippen molar-refractivity contribution in [3.05, 3.63) is 132 Å². The van der Waals surface area contributed by atoms with E-state index in [9.17, 15) is 4.79 Å². The number of hydrogen-bond acceptors (Lipinski definition) is 3. The first-order valence-corrected chi connectivity index (χ1v) is 11.9. The fourth-order valence-corrected chi connectivity index (χ4v) is 5.21. The molecule has 4 heteroatoms. The molecule has 6 rings (SSSR count). The predicted molar refractivity (Wildman–Crippen MR) is 140 cm³/mol. The first-order chi connectivity index (χ1) is 17.2. The lowest BCUT2D eigenvalue weighted by Gasteiger charge is -2.37. The molecular weight excluding hydrogens is 432 g/mol. The SMILES string of the molecule is Cc1c(C2C(=O)Oc3ccccc3N2Cc2ccccc2)c2ccccc2n1Cc1ccccc1. The van der Waals surface area contributed by atoms with Crippen LogP contribution in [0.1, 0.15) is 28.4 Å². The van der Waals surface area contributed by atoms with Crippen molar-refractivity contribution in [1.29, 1.82) is 0 Å². The number of benzene rings is 4. The van der Waals surface area contributed by atoms with Gasteiger partial charge in [0, 0.05) is 35.2 Å². The van der Waals surface area contributed by atoms with Crippen LogP contribution in [0.25, 0.3) is 10.9 Å². The lowest BCUT2D eigenvalue weighted by Crippen LogP contribution is -2.40. The van der Waals surface area contributed by atoms with Crippen molar-refractivity contribution < 1.29 is 9.53 Å². The van der Waals surface area contributed by atoms with E-state index < -0.39 is 6.04 Å². The Labute approximate surface area is 205 Å². The van der Waals surface area contributed by atoms with Crippen molar-refractivity contribution >= 4 is 22.6 Å². The third-order valence-electron chi connectivity index (χ3n) is 6.85. The number of aromatic nitrogens is 1. The minimum atomic E-state index is -0.549. The molecule has 1 unspecified atom stereocenters. The van der Waals surface area contributed by atoms with Crippen LogP contribution in [0.2, 0.25) is 0 Å². The molecule has 4 aromatic carbocycles. The Bertz CT molecular complexity index is 1510. The molecule has 4 nitrogen and oxygen atoms in total. The molecule has 0 N–H and O–H groups in total. The molecule has 0 spiro atoms. The third-order valence-corrected chi connectivity index (χ3v) is 6.85. The van der Waals surface area contributed by atoms with Crippen LogP contribution in [0.4, 0.5) is 5.69 Å². The van der Waals surface area contributed by atoms with Gasteiger partial charge in [0.1, 0.15) is 0 Å². The average molecular weight is 459 g/mol. The van der Waals surface area contributed by atoms with Gasteiger partial charge in [-0.15, -0.1) is 0 Å². The Morgan fingerprint density at radius 3 is 2.06 bits per heavy atom. The lowest BCUT2D eigenvalue weighted by molar-refractivity contribution is -0.137. The molecular formula is C31H26N2O2. The molecule has 2 heterocycles. The van der Waals surface area contributed by atoms with Crippen molar-refractivity contribution in [1.82, 2.24) is 4.57 Å². The van der Waals surface area contributed by atoms with Gasteiger partial charge in [-0.2, -0.15) is 0 Å². The number of para-hydroxylation sites is 3. The molecule has 1 atom stereocenters. The molecule has 0 amide bonds. The number of rotatable bonds is 5. The molecule has 0 fully saturated rings. The Morgan fingerprint density at radius 2 is 1.31 bits per heavy atom. The first-order valence-electron chi connectivity index (χ1n) is 11.9. The van der Waals surface area contributed by atoms with Crippen LogP contribution in [0.5, 0.6) is 5.75 Å². The summed E-state index contributed by atoms with van der Waals surface area (Å²) < 4.78 is 8.22. The van der Waals surface area contributed by atoms with Crippen LogP contribution in [-0.2, 0) is 17.9 Å². The quantitative estimate of drug-likeness (QED) is 0.218. The Balaban J connectivity index is 1.53. The summed E-state index contributed by atoms with van der Waals surface area (Å²) in [4.78, 5) is 15.8. The third kappa shape index (κ3) is 3.77. The standard InChI is InChI=1S/C31H26N2O2/c1-22-29(25-16-8-9-17-26(25)32(22)20-23-12-4-2-5-13-23)30-31(34)35-28-19-11-10-18-27(28)33(30)21-24-14-6-3-7-15-24/h2-19,30H,20-21H2,1H3. The maximum atomic E-state index is 13.6. The zero-order valence-corrected chi connectivity index (χ0v) is 19.6. The number of hydrogen-bond donors (Lipinski definition) is 0. The molecule has 1 aliphatic rings. The van der Waals surface area contributed by atoms with Crippen molar-refractivity contribution in [2.45, 2.75) is 26.1 Å². The maximum absolute atomic E-state index is 13.6. The smallest absolute Gasteiger partial charge is 0.339 e. The second-order valence-corrected chi connectivity index (χ2v) is 8.99. The highest BCUT2D eigenvalue weighted by Crippen LogP contribution is 2.44. The van der Waals surface area contributed by atoms with Gasteiger partial charge in [-0.25, -0.2) is 4.79 Å². The molecule has 0 saturated heterocycles. The van der Waals surface area contributed by atoms with Crippen LogP contribution in [-0.4, -0.2) is 10.5 Å². The Kier molecular flexibility index (Phi) is 5.34. The van der Waals surface area contributed by atoms with Gasteiger partial charge in [-0.3, -0.25) is 0 Å². The summed E-state index contributed by atoms with van der Waals surface area (Å²) in [6.45, 7) is 3.46. The number of esters is 1. The van der Waals surface area contributed by atoms with Gasteiger partial charge in [0.25, 0.3) is 0 Å². The fraction of sp³-hybridized carbons (Fsp3) is 0.129. The van der Waals surface area contributed by atoms with Gasteiger partial charge < -0.3 is 14.2 Å². The van der Waals surface area contributed by atoms with Crippen LogP contribution in [0, 0.1) is 6.92 Å². The summed E-state index contributed by atoms with van der Waals surface area (Å²) in [6.07, 6.45) is 0. The molecule has 0 bridgehead atoms. The molecule has 5 aromatic rings. The highest BCUT2D eigenvalue weighted by atomic mass is 16.5. The summed E-state index contributed by atoms with van der Waals surface area (Å²) in [5.41, 5.74) is 6.50. The molecule has 0 saturated carbocycles. The monoisotopic (exact) mass is 458 g/mol. The van der Waals surface area contributed by atoms with Crippen LogP contribution in [0.15, 0.2) is 109 Å². The number of carbonyl (C=O) groups is 1. The van der Waals surface area contributed by atoms with Crippen LogP contribution < -0.4 is 9.64 Å². The van der Waals surface area contributed by atoms with Gasteiger partial charge in [0.15, 0.2) is 11.8 Å². The highest BCUT2D eigenvalue weighted by molar-refractivity contribution is 5.96. The zero-order chi connectivity index (χ0) is 23.8. The number of nitrogens with zero attached hydrogens (tertiary/aromatic N) is 2. The molecule has 35 heavy (non-hydrogen) atoms. The molecule has 0 radical (unpaired) electrons. The van der Waals surface area contributed by atoms with Gasteiger partial charge >= 0.3 is 5.97 Å². The van der Waals surface area contributed by atoms with E-state index in [1.54, 1.807) is 0 Å². The van der Waals surface area contributed by atoms with E-state index in [0.29, 0.717) is 12.3 Å². The Hall–Kier alpha value is -4.31. The second kappa shape index (κ2) is 8.80. The van der Waals surface area contributed by atoms with E-state index in [2.05, 4.69) is 71.0 Å². The topological polar surface area (TPSA) is 34.5 Å². The summed E-state index contributed by atoms with van der Waals surface area (Å²) in [5, 5.41) is 1.08. The summed E-state index contributed by atoms with van der Waals surface area (Å²) in [7, 11) is 0. The number of anilines is 1. The number of ether oxygens (including phenoxy) is 1. The van der Waals surface area contributed by atoms with E-state index in [1.807, 2.05) is 54.6 Å². The van der Waals surface area contributed by atoms with Crippen molar-refractivity contribution in [3.63, 3.8) is 0 Å². The van der Waals surface area contributed by atoms with Gasteiger partial charge in [-0.05, 0) is 36.2 Å². The predicted octanol–water partition coefficient (Wildman–Crippen LogP) is 6.66. The molecule has 1 aliphatic heterocycles. The van der Waals surface area contributed by atoms with Gasteiger partial charge in [0.05, 0.1) is 5.69 Å². The minimum absolute atomic E-state index is 0.245. The minimum Gasteiger partial charge on any atom is -0.423 e. The summed E-state index contributed by atoms with van der Waals surface area (Å²) in [6, 6.07) is 36.4. The van der Waals surface area contributed by atoms with E-state index in [0.717, 1.165) is 40.0 Å². The van der Waals surface area contributed by atoms with Crippen LogP contribution >= 0.6 is 0 Å². The number of carbonyl (C=O) groups excluding carboxylic acids is 1. The van der Waals surface area contributed by atoms with E-state index in [-0.39, 0.29) is 5.97 Å². The highest BCUT2D eigenvalue weighted by Gasteiger charge is 2.39. The molecule has 0 aliphatic carbocycles. The summed E-state index contributed by atoms with van der Waals surface area (Å²) in [5.74, 6) is 0.362. The summed E-state index contributed by atoms with van der Waals surface area (Å²) >= 11 is 0. The second-order valence-electron chi connectivity index (χ2n) is 8.99. The zero-order valence-electron chi connectivity index (χ0n) is 19.6. The van der Waals surface area contributed by atoms with Gasteiger partial charge in [0.2, 0.25) is 0 Å². The lowest BCUT2D eigenvalue weighted by atomic mass is 9.98. The first kappa shape index (κ1) is 21.2. The van der Waals surface area contributed by atoms with Crippen molar-refractivity contribution in [2.24, 2.45) is 0 Å². The maximum Gasteiger partial charge on any atom is 0.339 e.